The molecule has 0 atom stereocenters. The van der Waals surface area contributed by atoms with Crippen LogP contribution in [0.2, 0.25) is 0 Å². The molecular formula is C12H12FN3O2. The Bertz CT molecular complexity index is 580. The van der Waals surface area contributed by atoms with E-state index in [-0.39, 0.29) is 18.0 Å². The Labute approximate surface area is 103 Å². The lowest BCUT2D eigenvalue weighted by Gasteiger charge is -2.02. The van der Waals surface area contributed by atoms with Crippen LogP contribution in [-0.4, -0.2) is 27.6 Å². The number of aromatic nitrogens is 3. The molecular weight excluding hydrogens is 237 g/mol. The summed E-state index contributed by atoms with van der Waals surface area (Å²) in [6.07, 6.45) is 1.34. The van der Waals surface area contributed by atoms with E-state index >= 15 is 0 Å². The maximum Gasteiger partial charge on any atom is 0.360 e. The van der Waals surface area contributed by atoms with Gasteiger partial charge in [-0.05, 0) is 31.5 Å². The highest BCUT2D eigenvalue weighted by Gasteiger charge is 2.13. The van der Waals surface area contributed by atoms with Gasteiger partial charge in [0.25, 0.3) is 0 Å². The van der Waals surface area contributed by atoms with Gasteiger partial charge in [-0.15, -0.1) is 5.10 Å². The van der Waals surface area contributed by atoms with Crippen molar-refractivity contribution in [2.75, 3.05) is 6.61 Å². The summed E-state index contributed by atoms with van der Waals surface area (Å²) < 4.78 is 19.7. The summed E-state index contributed by atoms with van der Waals surface area (Å²) in [5, 5.41) is 7.35. The van der Waals surface area contributed by atoms with Crippen LogP contribution in [0.4, 0.5) is 4.39 Å². The van der Waals surface area contributed by atoms with E-state index in [1.807, 2.05) is 0 Å². The Morgan fingerprint density at radius 1 is 1.50 bits per heavy atom. The monoisotopic (exact) mass is 249 g/mol. The van der Waals surface area contributed by atoms with Gasteiger partial charge in [-0.3, -0.25) is 0 Å². The molecule has 94 valence electrons. The van der Waals surface area contributed by atoms with Crippen LogP contribution in [0.25, 0.3) is 5.69 Å². The van der Waals surface area contributed by atoms with Crippen molar-refractivity contribution in [3.63, 3.8) is 0 Å². The van der Waals surface area contributed by atoms with E-state index in [2.05, 4.69) is 10.3 Å². The maximum atomic E-state index is 13.7. The van der Waals surface area contributed by atoms with Crippen LogP contribution >= 0.6 is 0 Å². The number of nitrogens with zero attached hydrogens (tertiary/aromatic N) is 3. The quantitative estimate of drug-likeness (QED) is 0.779. The lowest BCUT2D eigenvalue weighted by Crippen LogP contribution is -2.04. The molecule has 1 aromatic heterocycles. The second-order valence-electron chi connectivity index (χ2n) is 3.72. The smallest absolute Gasteiger partial charge is 0.360 e. The number of carbonyl (C=O) groups is 1. The van der Waals surface area contributed by atoms with Crippen LogP contribution in [0.3, 0.4) is 0 Å². The molecule has 0 aliphatic heterocycles. The highest BCUT2D eigenvalue weighted by molar-refractivity contribution is 5.86. The van der Waals surface area contributed by atoms with E-state index in [9.17, 15) is 9.18 Å². The summed E-state index contributed by atoms with van der Waals surface area (Å²) in [7, 11) is 0. The van der Waals surface area contributed by atoms with Crippen molar-refractivity contribution in [2.24, 2.45) is 0 Å². The van der Waals surface area contributed by atoms with Gasteiger partial charge < -0.3 is 4.74 Å². The summed E-state index contributed by atoms with van der Waals surface area (Å²) in [4.78, 5) is 11.4. The number of benzene rings is 1. The average molecular weight is 249 g/mol. The molecule has 1 aromatic carbocycles. The number of hydrogen-bond acceptors (Lipinski definition) is 4. The lowest BCUT2D eigenvalue weighted by molar-refractivity contribution is 0.0519. The van der Waals surface area contributed by atoms with E-state index in [0.29, 0.717) is 0 Å². The van der Waals surface area contributed by atoms with E-state index in [0.717, 1.165) is 5.56 Å². The highest BCUT2D eigenvalue weighted by atomic mass is 19.1. The van der Waals surface area contributed by atoms with Gasteiger partial charge in [0.05, 0.1) is 12.8 Å². The fraction of sp³-hybridized carbons (Fsp3) is 0.250. The first kappa shape index (κ1) is 12.2. The normalized spacial score (nSPS) is 10.4. The lowest BCUT2D eigenvalue weighted by atomic mass is 10.2. The van der Waals surface area contributed by atoms with Crippen LogP contribution in [0.1, 0.15) is 23.0 Å². The molecule has 1 heterocycles. The first-order chi connectivity index (χ1) is 8.61. The predicted octanol–water partition coefficient (Wildman–Crippen LogP) is 1.89. The maximum absolute atomic E-state index is 13.7. The van der Waals surface area contributed by atoms with Crippen LogP contribution < -0.4 is 0 Å². The van der Waals surface area contributed by atoms with Crippen molar-refractivity contribution in [2.45, 2.75) is 13.8 Å². The second-order valence-corrected chi connectivity index (χ2v) is 3.72. The first-order valence-electron chi connectivity index (χ1n) is 5.48. The zero-order valence-electron chi connectivity index (χ0n) is 10.1. The van der Waals surface area contributed by atoms with Gasteiger partial charge in [-0.2, -0.15) is 0 Å². The van der Waals surface area contributed by atoms with Gasteiger partial charge in [0.1, 0.15) is 11.5 Å². The molecule has 2 aromatic rings. The molecule has 5 nitrogen and oxygen atoms in total. The molecule has 0 bridgehead atoms. The number of rotatable bonds is 3. The molecule has 0 radical (unpaired) electrons. The first-order valence-corrected chi connectivity index (χ1v) is 5.48. The van der Waals surface area contributed by atoms with E-state index in [1.165, 1.54) is 16.9 Å². The fourth-order valence-electron chi connectivity index (χ4n) is 1.48. The number of aryl methyl sites for hydroxylation is 1. The van der Waals surface area contributed by atoms with Gasteiger partial charge in [-0.1, -0.05) is 11.3 Å². The Balaban J connectivity index is 2.32. The van der Waals surface area contributed by atoms with Crippen LogP contribution in [0.15, 0.2) is 24.4 Å². The molecule has 18 heavy (non-hydrogen) atoms. The molecule has 0 saturated carbocycles. The third kappa shape index (κ3) is 2.37. The Kier molecular flexibility index (Phi) is 3.36. The summed E-state index contributed by atoms with van der Waals surface area (Å²) in [5.41, 5.74) is 1.10. The molecule has 0 fully saturated rings. The van der Waals surface area contributed by atoms with Crippen molar-refractivity contribution in [3.05, 3.63) is 41.5 Å². The number of esters is 1. The van der Waals surface area contributed by atoms with Crippen molar-refractivity contribution in [1.82, 2.24) is 15.0 Å². The number of hydrogen-bond donors (Lipinski definition) is 0. The molecule has 2 rings (SSSR count). The topological polar surface area (TPSA) is 57.0 Å². The number of ether oxygens (including phenoxy) is 1. The van der Waals surface area contributed by atoms with Crippen molar-refractivity contribution >= 4 is 5.97 Å². The van der Waals surface area contributed by atoms with Gasteiger partial charge in [0, 0.05) is 0 Å². The standard InChI is InChI=1S/C12H12FN3O2/c1-3-18-12(17)10-7-16(15-14-10)11-5-4-8(2)6-9(11)13/h4-7H,3H2,1-2H3. The van der Waals surface area contributed by atoms with Gasteiger partial charge in [0.2, 0.25) is 0 Å². The third-order valence-corrected chi connectivity index (χ3v) is 2.33. The summed E-state index contributed by atoms with van der Waals surface area (Å²) in [6, 6.07) is 4.72. The zero-order chi connectivity index (χ0) is 13.1. The minimum Gasteiger partial charge on any atom is -0.461 e. The molecule has 0 aliphatic carbocycles. The molecule has 0 saturated heterocycles. The molecule has 0 aliphatic rings. The van der Waals surface area contributed by atoms with E-state index in [1.54, 1.807) is 26.0 Å². The largest absolute Gasteiger partial charge is 0.461 e. The SMILES string of the molecule is CCOC(=O)c1cn(-c2ccc(C)cc2F)nn1. The predicted molar refractivity (Wildman–Crippen MR) is 62.0 cm³/mol. The number of halogens is 1. The minimum absolute atomic E-state index is 0.0526. The van der Waals surface area contributed by atoms with Crippen molar-refractivity contribution in [3.8, 4) is 5.69 Å². The zero-order valence-corrected chi connectivity index (χ0v) is 10.1. The van der Waals surface area contributed by atoms with E-state index < -0.39 is 11.8 Å². The van der Waals surface area contributed by atoms with Gasteiger partial charge >= 0.3 is 5.97 Å². The minimum atomic E-state index is -0.573. The van der Waals surface area contributed by atoms with Gasteiger partial charge in [0.15, 0.2) is 5.69 Å². The number of carbonyl (C=O) groups excluding carboxylic acids is 1. The van der Waals surface area contributed by atoms with Crippen LogP contribution in [0.5, 0.6) is 0 Å². The second kappa shape index (κ2) is 4.95. The molecule has 0 N–H and O–H groups in total. The average Bonchev–Trinajstić information content (AvgIpc) is 2.78. The highest BCUT2D eigenvalue weighted by Crippen LogP contribution is 2.14. The molecule has 0 unspecified atom stereocenters. The summed E-state index contributed by atoms with van der Waals surface area (Å²) in [6.45, 7) is 3.74. The Morgan fingerprint density at radius 3 is 2.94 bits per heavy atom. The Hall–Kier alpha value is -2.24. The molecule has 0 spiro atoms. The molecule has 0 amide bonds. The summed E-state index contributed by atoms with van der Waals surface area (Å²) >= 11 is 0. The Morgan fingerprint density at radius 2 is 2.28 bits per heavy atom. The van der Waals surface area contributed by atoms with Gasteiger partial charge in [-0.25, -0.2) is 13.9 Å². The molecule has 6 heteroatoms. The van der Waals surface area contributed by atoms with Crippen molar-refractivity contribution < 1.29 is 13.9 Å². The van der Waals surface area contributed by atoms with Crippen molar-refractivity contribution in [1.29, 1.82) is 0 Å². The summed E-state index contributed by atoms with van der Waals surface area (Å²) in [5.74, 6) is -0.994. The van der Waals surface area contributed by atoms with Crippen LogP contribution in [-0.2, 0) is 4.74 Å². The van der Waals surface area contributed by atoms with E-state index in [4.69, 9.17) is 4.74 Å². The third-order valence-electron chi connectivity index (χ3n) is 2.33. The van der Waals surface area contributed by atoms with Crippen LogP contribution in [0, 0.1) is 12.7 Å². The fourth-order valence-corrected chi connectivity index (χ4v) is 1.48.